The van der Waals surface area contributed by atoms with Crippen LogP contribution in [0.15, 0.2) is 16.9 Å². The molecule has 0 aliphatic rings. The van der Waals surface area contributed by atoms with E-state index in [0.717, 1.165) is 6.07 Å². The smallest absolute Gasteiger partial charge is 0.266 e. The molecule has 0 saturated carbocycles. The Hall–Kier alpha value is -1.04. The van der Waals surface area contributed by atoms with E-state index in [4.69, 9.17) is 0 Å². The molecule has 0 unspecified atom stereocenters. The standard InChI is InChI=1S/C8H4BrF3N2/c9-8-13-4-2-1-3(7(11)12)5(10)6(4)14-8/h1-2,7H,(H,13,14). The van der Waals surface area contributed by atoms with Crippen molar-refractivity contribution >= 4 is 27.0 Å². The minimum atomic E-state index is -2.82. The topological polar surface area (TPSA) is 28.7 Å². The second-order valence-corrected chi connectivity index (χ2v) is 3.44. The molecule has 0 aliphatic carbocycles. The zero-order chi connectivity index (χ0) is 10.3. The minimum absolute atomic E-state index is 0.0744. The summed E-state index contributed by atoms with van der Waals surface area (Å²) >= 11 is 3.00. The Morgan fingerprint density at radius 1 is 1.36 bits per heavy atom. The SMILES string of the molecule is Fc1c(C(F)F)ccc2[nH]c(Br)nc12. The van der Waals surface area contributed by atoms with Gasteiger partial charge >= 0.3 is 0 Å². The highest BCUT2D eigenvalue weighted by atomic mass is 79.9. The number of H-pyrrole nitrogens is 1. The van der Waals surface area contributed by atoms with E-state index >= 15 is 0 Å². The Labute approximate surface area is 85.3 Å². The molecule has 0 fully saturated rings. The molecule has 0 amide bonds. The summed E-state index contributed by atoms with van der Waals surface area (Å²) in [6, 6.07) is 2.42. The molecule has 1 aromatic carbocycles. The van der Waals surface area contributed by atoms with Gasteiger partial charge in [-0.25, -0.2) is 18.2 Å². The van der Waals surface area contributed by atoms with Crippen molar-refractivity contribution in [2.45, 2.75) is 6.43 Å². The molecule has 0 atom stereocenters. The zero-order valence-electron chi connectivity index (χ0n) is 6.69. The molecule has 0 spiro atoms. The Kier molecular flexibility index (Phi) is 2.22. The predicted octanol–water partition coefficient (Wildman–Crippen LogP) is 3.40. The average Bonchev–Trinajstić information content (AvgIpc) is 2.46. The third-order valence-corrected chi connectivity index (χ3v) is 2.20. The van der Waals surface area contributed by atoms with Crippen molar-refractivity contribution in [1.29, 1.82) is 0 Å². The van der Waals surface area contributed by atoms with Gasteiger partial charge in [-0.1, -0.05) is 0 Å². The molecule has 1 aromatic heterocycles. The van der Waals surface area contributed by atoms with Crippen molar-refractivity contribution in [3.8, 4) is 0 Å². The third kappa shape index (κ3) is 1.39. The van der Waals surface area contributed by atoms with Gasteiger partial charge in [-0.15, -0.1) is 0 Å². The highest BCUT2D eigenvalue weighted by Gasteiger charge is 2.17. The maximum atomic E-state index is 13.3. The van der Waals surface area contributed by atoms with Crippen LogP contribution in [0.1, 0.15) is 12.0 Å². The van der Waals surface area contributed by atoms with E-state index in [-0.39, 0.29) is 5.52 Å². The lowest BCUT2D eigenvalue weighted by molar-refractivity contribution is 0.146. The van der Waals surface area contributed by atoms with Gasteiger partial charge < -0.3 is 4.98 Å². The first kappa shape index (κ1) is 9.51. The second kappa shape index (κ2) is 3.27. The van der Waals surface area contributed by atoms with Gasteiger partial charge in [-0.2, -0.15) is 0 Å². The molecule has 0 bridgehead atoms. The van der Waals surface area contributed by atoms with Crippen LogP contribution in [0.5, 0.6) is 0 Å². The minimum Gasteiger partial charge on any atom is -0.332 e. The van der Waals surface area contributed by atoms with Gasteiger partial charge in [0.25, 0.3) is 6.43 Å². The van der Waals surface area contributed by atoms with Crippen molar-refractivity contribution in [3.63, 3.8) is 0 Å². The Balaban J connectivity index is 2.74. The van der Waals surface area contributed by atoms with E-state index < -0.39 is 17.8 Å². The van der Waals surface area contributed by atoms with Crippen LogP contribution in [0, 0.1) is 5.82 Å². The lowest BCUT2D eigenvalue weighted by atomic mass is 10.2. The van der Waals surface area contributed by atoms with Gasteiger partial charge in [0.2, 0.25) is 0 Å². The van der Waals surface area contributed by atoms with Crippen molar-refractivity contribution < 1.29 is 13.2 Å². The lowest BCUT2D eigenvalue weighted by Gasteiger charge is -2.00. The fraction of sp³-hybridized carbons (Fsp3) is 0.125. The van der Waals surface area contributed by atoms with Crippen LogP contribution in [0.3, 0.4) is 0 Å². The molecule has 0 radical (unpaired) electrons. The summed E-state index contributed by atoms with van der Waals surface area (Å²) in [5.41, 5.74) is -0.315. The number of rotatable bonds is 1. The van der Waals surface area contributed by atoms with Gasteiger partial charge in [-0.3, -0.25) is 0 Å². The first-order valence-electron chi connectivity index (χ1n) is 3.71. The van der Waals surface area contributed by atoms with Gasteiger partial charge in [0.05, 0.1) is 11.1 Å². The summed E-state index contributed by atoms with van der Waals surface area (Å²) in [7, 11) is 0. The highest BCUT2D eigenvalue weighted by molar-refractivity contribution is 9.10. The van der Waals surface area contributed by atoms with E-state index in [9.17, 15) is 13.2 Å². The number of alkyl halides is 2. The third-order valence-electron chi connectivity index (χ3n) is 1.83. The maximum absolute atomic E-state index is 13.3. The van der Waals surface area contributed by atoms with E-state index in [2.05, 4.69) is 25.9 Å². The number of aromatic nitrogens is 2. The number of fused-ring (bicyclic) bond motifs is 1. The summed E-state index contributed by atoms with van der Waals surface area (Å²) in [4.78, 5) is 6.39. The number of halogens is 4. The van der Waals surface area contributed by atoms with Crippen molar-refractivity contribution in [2.75, 3.05) is 0 Å². The van der Waals surface area contributed by atoms with E-state index in [1.807, 2.05) is 0 Å². The molecule has 0 saturated heterocycles. The first-order chi connectivity index (χ1) is 6.59. The second-order valence-electron chi connectivity index (χ2n) is 2.69. The van der Waals surface area contributed by atoms with E-state index in [1.54, 1.807) is 0 Å². The molecule has 1 N–H and O–H groups in total. The largest absolute Gasteiger partial charge is 0.332 e. The van der Waals surface area contributed by atoms with Crippen LogP contribution in [0.2, 0.25) is 0 Å². The molecular weight excluding hydrogens is 261 g/mol. The maximum Gasteiger partial charge on any atom is 0.266 e. The summed E-state index contributed by atoms with van der Waals surface area (Å²) in [6.45, 7) is 0. The van der Waals surface area contributed by atoms with Gasteiger partial charge in [0.1, 0.15) is 5.52 Å². The number of benzene rings is 1. The Morgan fingerprint density at radius 2 is 2.07 bits per heavy atom. The normalized spacial score (nSPS) is 11.5. The number of hydrogen-bond donors (Lipinski definition) is 1. The van der Waals surface area contributed by atoms with Crippen LogP contribution in [-0.4, -0.2) is 9.97 Å². The number of aromatic amines is 1. The van der Waals surface area contributed by atoms with Gasteiger partial charge in [0.15, 0.2) is 10.6 Å². The van der Waals surface area contributed by atoms with Crippen molar-refractivity contribution in [3.05, 3.63) is 28.2 Å². The molecule has 2 rings (SSSR count). The quantitative estimate of drug-likeness (QED) is 0.841. The monoisotopic (exact) mass is 264 g/mol. The molecule has 0 aliphatic heterocycles. The summed E-state index contributed by atoms with van der Waals surface area (Å²) < 4.78 is 38.2. The molecule has 2 nitrogen and oxygen atoms in total. The number of hydrogen-bond acceptors (Lipinski definition) is 1. The number of imidazole rings is 1. The average molecular weight is 265 g/mol. The van der Waals surface area contributed by atoms with Crippen LogP contribution in [0.4, 0.5) is 13.2 Å². The number of nitrogens with one attached hydrogen (secondary N) is 1. The lowest BCUT2D eigenvalue weighted by Crippen LogP contribution is -1.91. The molecular formula is C8H4BrF3N2. The number of nitrogens with zero attached hydrogens (tertiary/aromatic N) is 1. The molecule has 1 heterocycles. The van der Waals surface area contributed by atoms with Crippen LogP contribution < -0.4 is 0 Å². The summed E-state index contributed by atoms with van der Waals surface area (Å²) in [5.74, 6) is -0.973. The Morgan fingerprint density at radius 3 is 2.71 bits per heavy atom. The summed E-state index contributed by atoms with van der Waals surface area (Å²) in [5, 5.41) is 0. The van der Waals surface area contributed by atoms with Crippen LogP contribution >= 0.6 is 15.9 Å². The first-order valence-corrected chi connectivity index (χ1v) is 4.50. The zero-order valence-corrected chi connectivity index (χ0v) is 8.28. The van der Waals surface area contributed by atoms with E-state index in [0.29, 0.717) is 10.3 Å². The molecule has 6 heteroatoms. The predicted molar refractivity (Wildman–Crippen MR) is 48.7 cm³/mol. The van der Waals surface area contributed by atoms with E-state index in [1.165, 1.54) is 6.07 Å². The molecule has 14 heavy (non-hydrogen) atoms. The van der Waals surface area contributed by atoms with Crippen molar-refractivity contribution in [2.24, 2.45) is 0 Å². The Bertz CT molecular complexity index is 481. The van der Waals surface area contributed by atoms with Gasteiger partial charge in [0, 0.05) is 0 Å². The fourth-order valence-corrected chi connectivity index (χ4v) is 1.59. The van der Waals surface area contributed by atoms with Crippen LogP contribution in [0.25, 0.3) is 11.0 Å². The van der Waals surface area contributed by atoms with Crippen LogP contribution in [-0.2, 0) is 0 Å². The summed E-state index contributed by atoms with van der Waals surface area (Å²) in [6.07, 6.45) is -2.82. The fourth-order valence-electron chi connectivity index (χ4n) is 1.20. The molecule has 2 aromatic rings. The molecule has 74 valence electrons. The highest BCUT2D eigenvalue weighted by Crippen LogP contribution is 2.27. The van der Waals surface area contributed by atoms with Crippen molar-refractivity contribution in [1.82, 2.24) is 9.97 Å². The van der Waals surface area contributed by atoms with Gasteiger partial charge in [-0.05, 0) is 28.1 Å².